The Labute approximate surface area is 125 Å². The van der Waals surface area contributed by atoms with Crippen molar-refractivity contribution in [1.29, 1.82) is 0 Å². The largest absolute Gasteiger partial charge is 0.356 e. The fourth-order valence-corrected chi connectivity index (χ4v) is 2.33. The maximum atomic E-state index is 4.44. The van der Waals surface area contributed by atoms with Crippen molar-refractivity contribution in [3.05, 3.63) is 16.1 Å². The number of nitrogens with zero attached hydrogens (tertiary/aromatic N) is 3. The molecule has 0 saturated carbocycles. The lowest BCUT2D eigenvalue weighted by molar-refractivity contribution is 0.532. The van der Waals surface area contributed by atoms with Crippen molar-refractivity contribution in [3.63, 3.8) is 0 Å². The van der Waals surface area contributed by atoms with Crippen LogP contribution in [0.3, 0.4) is 0 Å². The third-order valence-electron chi connectivity index (χ3n) is 2.90. The molecule has 0 aliphatic heterocycles. The summed E-state index contributed by atoms with van der Waals surface area (Å²) in [5.41, 5.74) is 0. The predicted molar refractivity (Wildman–Crippen MR) is 85.9 cm³/mol. The smallest absolute Gasteiger partial charge is 0.145 e. The zero-order valence-electron chi connectivity index (χ0n) is 11.9. The van der Waals surface area contributed by atoms with Gasteiger partial charge in [-0.15, -0.1) is 0 Å². The van der Waals surface area contributed by atoms with Gasteiger partial charge in [-0.2, -0.15) is 0 Å². The highest BCUT2D eigenvalue weighted by atomic mass is 127. The molecule has 0 unspecified atom stereocenters. The first-order valence-corrected chi connectivity index (χ1v) is 7.79. The molecular formula is C14H24IN3. The molecule has 102 valence electrons. The normalized spacial score (nSPS) is 11.3. The Morgan fingerprint density at radius 1 is 1.11 bits per heavy atom. The lowest BCUT2D eigenvalue weighted by Gasteiger charge is -2.26. The van der Waals surface area contributed by atoms with Crippen LogP contribution in [0, 0.1) is 15.4 Å². The van der Waals surface area contributed by atoms with E-state index in [1.54, 1.807) is 6.33 Å². The third-order valence-corrected chi connectivity index (χ3v) is 3.66. The number of halogens is 1. The van der Waals surface area contributed by atoms with Crippen LogP contribution in [-0.4, -0.2) is 23.1 Å². The van der Waals surface area contributed by atoms with Crippen LogP contribution in [0.4, 0.5) is 5.82 Å². The van der Waals surface area contributed by atoms with Gasteiger partial charge in [0.1, 0.15) is 12.1 Å². The summed E-state index contributed by atoms with van der Waals surface area (Å²) in [5, 5.41) is 0. The van der Waals surface area contributed by atoms with Crippen LogP contribution in [0.2, 0.25) is 0 Å². The zero-order valence-corrected chi connectivity index (χ0v) is 14.0. The highest BCUT2D eigenvalue weighted by molar-refractivity contribution is 14.1. The van der Waals surface area contributed by atoms with Gasteiger partial charge in [-0.05, 0) is 47.3 Å². The van der Waals surface area contributed by atoms with E-state index in [0.717, 1.165) is 34.3 Å². The van der Waals surface area contributed by atoms with E-state index in [-0.39, 0.29) is 0 Å². The Kier molecular flexibility index (Phi) is 6.89. The van der Waals surface area contributed by atoms with Gasteiger partial charge in [0.25, 0.3) is 0 Å². The van der Waals surface area contributed by atoms with E-state index in [4.69, 9.17) is 0 Å². The fourth-order valence-electron chi connectivity index (χ4n) is 1.69. The Bertz CT molecular complexity index is 341. The maximum Gasteiger partial charge on any atom is 0.145 e. The highest BCUT2D eigenvalue weighted by Crippen LogP contribution is 2.20. The molecule has 0 N–H and O–H groups in total. The molecule has 1 rings (SSSR count). The van der Waals surface area contributed by atoms with Crippen molar-refractivity contribution in [2.45, 2.75) is 40.5 Å². The second-order valence-corrected chi connectivity index (χ2v) is 6.71. The topological polar surface area (TPSA) is 29.0 Å². The minimum atomic E-state index is 0.728. The van der Waals surface area contributed by atoms with Crippen molar-refractivity contribution < 1.29 is 0 Å². The van der Waals surface area contributed by atoms with Crippen molar-refractivity contribution in [1.82, 2.24) is 9.97 Å². The van der Waals surface area contributed by atoms with E-state index >= 15 is 0 Å². The van der Waals surface area contributed by atoms with Crippen LogP contribution < -0.4 is 4.90 Å². The minimum absolute atomic E-state index is 0.728. The van der Waals surface area contributed by atoms with Gasteiger partial charge in [-0.3, -0.25) is 0 Å². The summed E-state index contributed by atoms with van der Waals surface area (Å²) in [6.07, 6.45) is 5.95. The average molecular weight is 361 g/mol. The van der Waals surface area contributed by atoms with Crippen LogP contribution in [0.1, 0.15) is 40.5 Å². The first kappa shape index (κ1) is 15.7. The van der Waals surface area contributed by atoms with Crippen molar-refractivity contribution in [2.24, 2.45) is 11.8 Å². The molecule has 0 radical (unpaired) electrons. The van der Waals surface area contributed by atoms with Crippen molar-refractivity contribution >= 4 is 28.4 Å². The molecule has 1 heterocycles. The van der Waals surface area contributed by atoms with Crippen molar-refractivity contribution in [2.75, 3.05) is 18.0 Å². The molecule has 0 saturated heterocycles. The van der Waals surface area contributed by atoms with Gasteiger partial charge in [0.15, 0.2) is 0 Å². The molecule has 0 spiro atoms. The number of rotatable bonds is 7. The van der Waals surface area contributed by atoms with Crippen LogP contribution in [-0.2, 0) is 0 Å². The molecule has 3 nitrogen and oxygen atoms in total. The van der Waals surface area contributed by atoms with Gasteiger partial charge in [-0.1, -0.05) is 27.7 Å². The minimum Gasteiger partial charge on any atom is -0.356 e. The highest BCUT2D eigenvalue weighted by Gasteiger charge is 2.12. The quantitative estimate of drug-likeness (QED) is 0.688. The molecule has 1 aromatic heterocycles. The van der Waals surface area contributed by atoms with Crippen LogP contribution >= 0.6 is 22.6 Å². The number of aromatic nitrogens is 2. The summed E-state index contributed by atoms with van der Waals surface area (Å²) < 4.78 is 1.14. The van der Waals surface area contributed by atoms with Gasteiger partial charge in [0, 0.05) is 19.3 Å². The standard InChI is InChI=1S/C14H24IN3/c1-11(2)5-7-18(8-6-12(3)4)14-13(15)9-16-10-17-14/h9-12H,5-8H2,1-4H3. The van der Waals surface area contributed by atoms with E-state index in [1.807, 2.05) is 6.20 Å². The van der Waals surface area contributed by atoms with E-state index in [2.05, 4.69) is 65.2 Å². The maximum absolute atomic E-state index is 4.44. The third kappa shape index (κ3) is 5.50. The van der Waals surface area contributed by atoms with Gasteiger partial charge < -0.3 is 4.90 Å². The molecule has 0 aliphatic rings. The summed E-state index contributed by atoms with van der Waals surface area (Å²) in [4.78, 5) is 10.9. The Morgan fingerprint density at radius 3 is 2.11 bits per heavy atom. The number of hydrogen-bond acceptors (Lipinski definition) is 3. The molecule has 0 aliphatic carbocycles. The Balaban J connectivity index is 2.73. The summed E-state index contributed by atoms with van der Waals surface area (Å²) in [5.74, 6) is 2.55. The van der Waals surface area contributed by atoms with Gasteiger partial charge in [0.05, 0.1) is 3.57 Å². The molecule has 0 aromatic carbocycles. The number of hydrogen-bond donors (Lipinski definition) is 0. The fraction of sp³-hybridized carbons (Fsp3) is 0.714. The van der Waals surface area contributed by atoms with Crippen LogP contribution in [0.15, 0.2) is 12.5 Å². The predicted octanol–water partition coefficient (Wildman–Crippen LogP) is 3.98. The van der Waals surface area contributed by atoms with Crippen LogP contribution in [0.25, 0.3) is 0 Å². The number of anilines is 1. The van der Waals surface area contributed by atoms with Crippen molar-refractivity contribution in [3.8, 4) is 0 Å². The summed E-state index contributed by atoms with van der Waals surface area (Å²) in [7, 11) is 0. The molecule has 0 amide bonds. The van der Waals surface area contributed by atoms with Gasteiger partial charge >= 0.3 is 0 Å². The first-order valence-electron chi connectivity index (χ1n) is 6.71. The Morgan fingerprint density at radius 2 is 1.67 bits per heavy atom. The molecule has 1 aromatic rings. The molecule has 0 bridgehead atoms. The summed E-state index contributed by atoms with van der Waals surface area (Å²) >= 11 is 2.32. The molecule has 0 atom stereocenters. The second-order valence-electron chi connectivity index (χ2n) is 5.55. The zero-order chi connectivity index (χ0) is 13.5. The SMILES string of the molecule is CC(C)CCN(CCC(C)C)c1ncncc1I. The van der Waals surface area contributed by atoms with Gasteiger partial charge in [0.2, 0.25) is 0 Å². The Hall–Kier alpha value is -0.390. The summed E-state index contributed by atoms with van der Waals surface area (Å²) in [6.45, 7) is 11.2. The molecule has 4 heteroatoms. The second kappa shape index (κ2) is 7.92. The molecule has 18 heavy (non-hydrogen) atoms. The monoisotopic (exact) mass is 361 g/mol. The molecule has 0 fully saturated rings. The lowest BCUT2D eigenvalue weighted by Crippen LogP contribution is -2.29. The van der Waals surface area contributed by atoms with E-state index in [0.29, 0.717) is 0 Å². The summed E-state index contributed by atoms with van der Waals surface area (Å²) in [6, 6.07) is 0. The lowest BCUT2D eigenvalue weighted by atomic mass is 10.1. The van der Waals surface area contributed by atoms with E-state index < -0.39 is 0 Å². The van der Waals surface area contributed by atoms with E-state index in [1.165, 1.54) is 12.8 Å². The van der Waals surface area contributed by atoms with Crippen LogP contribution in [0.5, 0.6) is 0 Å². The first-order chi connectivity index (χ1) is 8.50. The average Bonchev–Trinajstić information content (AvgIpc) is 2.30. The van der Waals surface area contributed by atoms with E-state index in [9.17, 15) is 0 Å². The molecular weight excluding hydrogens is 337 g/mol. The van der Waals surface area contributed by atoms with Gasteiger partial charge in [-0.25, -0.2) is 9.97 Å².